The van der Waals surface area contributed by atoms with Crippen LogP contribution < -0.4 is 10.6 Å². The number of likely N-dealkylation sites (tertiary alicyclic amines) is 1. The van der Waals surface area contributed by atoms with Crippen molar-refractivity contribution < 1.29 is 29.3 Å². The first-order valence-electron chi connectivity index (χ1n) is 11.7. The fourth-order valence-electron chi connectivity index (χ4n) is 6.15. The van der Waals surface area contributed by atoms with Gasteiger partial charge in [0, 0.05) is 18.2 Å². The number of phenolic OH excluding ortho intramolecular Hbond substituents is 2. The predicted molar refractivity (Wildman–Crippen MR) is 125 cm³/mol. The topological polar surface area (TPSA) is 128 Å². The van der Waals surface area contributed by atoms with E-state index in [4.69, 9.17) is 16.3 Å². The number of hydrogen-bond acceptors (Lipinski definition) is 7. The van der Waals surface area contributed by atoms with Gasteiger partial charge in [-0.05, 0) is 43.0 Å². The van der Waals surface area contributed by atoms with Gasteiger partial charge in [0.05, 0.1) is 35.2 Å². The number of ether oxygens (including phenoxy) is 1. The zero-order chi connectivity index (χ0) is 24.5. The number of rotatable bonds is 4. The van der Waals surface area contributed by atoms with Crippen LogP contribution in [0.25, 0.3) is 0 Å². The first kappa shape index (κ1) is 22.3. The Balaban J connectivity index is 1.43. The van der Waals surface area contributed by atoms with Crippen LogP contribution in [0, 0.1) is 11.8 Å². The van der Waals surface area contributed by atoms with E-state index in [-0.39, 0.29) is 36.5 Å². The number of hydrogen-bond donors (Lipinski definition) is 4. The summed E-state index contributed by atoms with van der Waals surface area (Å²) in [7, 11) is 0. The predicted octanol–water partition coefficient (Wildman–Crippen LogP) is 1.89. The lowest BCUT2D eigenvalue weighted by Gasteiger charge is -2.30. The van der Waals surface area contributed by atoms with Crippen LogP contribution in [-0.2, 0) is 31.1 Å². The van der Waals surface area contributed by atoms with E-state index >= 15 is 0 Å². The zero-order valence-corrected chi connectivity index (χ0v) is 19.4. The molecular formula is C25H24ClN3O6. The minimum Gasteiger partial charge on any atom is -0.504 e. The number of benzene rings is 2. The van der Waals surface area contributed by atoms with Crippen molar-refractivity contribution in [2.75, 3.05) is 18.5 Å². The lowest BCUT2D eigenvalue weighted by molar-refractivity contribution is -0.144. The van der Waals surface area contributed by atoms with Crippen LogP contribution in [0.15, 0.2) is 36.4 Å². The molecule has 0 aliphatic carbocycles. The minimum atomic E-state index is -1.45. The summed E-state index contributed by atoms with van der Waals surface area (Å²) in [5, 5.41) is 26.2. The molecule has 6 rings (SSSR count). The molecule has 5 unspecified atom stereocenters. The summed E-state index contributed by atoms with van der Waals surface area (Å²) >= 11 is 6.37. The molecule has 3 fully saturated rings. The second-order valence-corrected chi connectivity index (χ2v) is 10.0. The molecule has 2 aromatic rings. The van der Waals surface area contributed by atoms with E-state index in [0.29, 0.717) is 28.4 Å². The number of nitrogens with zero attached hydrogens (tertiary/aromatic N) is 1. The number of amides is 3. The maximum absolute atomic E-state index is 13.8. The summed E-state index contributed by atoms with van der Waals surface area (Å²) in [6.45, 7) is 0.762. The average molecular weight is 498 g/mol. The van der Waals surface area contributed by atoms with Crippen molar-refractivity contribution in [1.82, 2.24) is 10.2 Å². The fraction of sp³-hybridized carbons (Fsp3) is 0.400. The Kier molecular flexibility index (Phi) is 5.07. The Morgan fingerprint density at radius 3 is 2.69 bits per heavy atom. The Morgan fingerprint density at radius 1 is 1.11 bits per heavy atom. The lowest BCUT2D eigenvalue weighted by atomic mass is 9.76. The molecule has 0 saturated carbocycles. The number of halogens is 1. The van der Waals surface area contributed by atoms with Gasteiger partial charge in [0.2, 0.25) is 17.7 Å². The SMILES string of the molecule is O=C1C2C(Cc3ccc(O)c(O)c3)NC3(C(=O)Nc4c(Cl)cccc43)C2C(=O)N1CC1CCCO1. The molecule has 35 heavy (non-hydrogen) atoms. The molecule has 182 valence electrons. The van der Waals surface area contributed by atoms with Crippen molar-refractivity contribution in [2.45, 2.75) is 36.9 Å². The van der Waals surface area contributed by atoms with E-state index in [1.807, 2.05) is 0 Å². The number of carbonyl (C=O) groups excluding carboxylic acids is 3. The maximum Gasteiger partial charge on any atom is 0.250 e. The highest BCUT2D eigenvalue weighted by molar-refractivity contribution is 6.35. The van der Waals surface area contributed by atoms with Crippen LogP contribution in [0.2, 0.25) is 5.02 Å². The van der Waals surface area contributed by atoms with Crippen molar-refractivity contribution in [2.24, 2.45) is 11.8 Å². The van der Waals surface area contributed by atoms with E-state index in [1.165, 1.54) is 17.0 Å². The molecule has 3 amide bonds. The standard InChI is InChI=1S/C25H24ClN3O6/c26-15-5-1-4-14-21(15)27-24(34)25(14)20-19(16(28-25)9-12-6-7-17(30)18(31)10-12)22(32)29(23(20)33)11-13-3-2-8-35-13/h1,4-7,10,13,16,19-20,28,30-31H,2-3,8-9,11H2,(H,27,34). The van der Waals surface area contributed by atoms with Crippen LogP contribution >= 0.6 is 11.6 Å². The second kappa shape index (κ2) is 7.94. The molecule has 2 aromatic carbocycles. The Hall–Kier alpha value is -3.14. The quantitative estimate of drug-likeness (QED) is 0.375. The Labute approximate surface area is 206 Å². The molecule has 0 radical (unpaired) electrons. The number of aromatic hydroxyl groups is 2. The summed E-state index contributed by atoms with van der Waals surface area (Å²) in [5.41, 5.74) is 0.176. The normalized spacial score (nSPS) is 31.3. The molecule has 10 heteroatoms. The number of nitrogens with one attached hydrogen (secondary N) is 2. The number of anilines is 1. The highest BCUT2D eigenvalue weighted by atomic mass is 35.5. The maximum atomic E-state index is 13.8. The number of fused-ring (bicyclic) bond motifs is 4. The van der Waals surface area contributed by atoms with E-state index in [1.54, 1.807) is 24.3 Å². The number of para-hydroxylation sites is 1. The van der Waals surface area contributed by atoms with E-state index in [2.05, 4.69) is 10.6 Å². The Bertz CT molecular complexity index is 1260. The van der Waals surface area contributed by atoms with E-state index in [0.717, 1.165) is 12.8 Å². The molecule has 4 aliphatic rings. The van der Waals surface area contributed by atoms with Gasteiger partial charge in [0.1, 0.15) is 5.54 Å². The molecule has 4 heterocycles. The highest BCUT2D eigenvalue weighted by Gasteiger charge is 2.70. The van der Waals surface area contributed by atoms with Gasteiger partial charge in [-0.25, -0.2) is 0 Å². The largest absolute Gasteiger partial charge is 0.504 e. The van der Waals surface area contributed by atoms with Gasteiger partial charge in [-0.15, -0.1) is 0 Å². The first-order valence-corrected chi connectivity index (χ1v) is 12.0. The number of phenols is 2. The highest BCUT2D eigenvalue weighted by Crippen LogP contribution is 2.54. The summed E-state index contributed by atoms with van der Waals surface area (Å²) in [4.78, 5) is 42.3. The van der Waals surface area contributed by atoms with Crippen molar-refractivity contribution in [3.63, 3.8) is 0 Å². The molecule has 4 N–H and O–H groups in total. The van der Waals surface area contributed by atoms with Crippen molar-refractivity contribution in [3.8, 4) is 11.5 Å². The molecule has 9 nitrogen and oxygen atoms in total. The van der Waals surface area contributed by atoms with Crippen molar-refractivity contribution in [1.29, 1.82) is 0 Å². The van der Waals surface area contributed by atoms with Crippen LogP contribution in [0.3, 0.4) is 0 Å². The van der Waals surface area contributed by atoms with Gasteiger partial charge in [0.15, 0.2) is 11.5 Å². The lowest BCUT2D eigenvalue weighted by Crippen LogP contribution is -2.54. The van der Waals surface area contributed by atoms with Gasteiger partial charge in [-0.1, -0.05) is 29.8 Å². The van der Waals surface area contributed by atoms with Crippen LogP contribution in [0.1, 0.15) is 24.0 Å². The third-order valence-electron chi connectivity index (χ3n) is 7.70. The van der Waals surface area contributed by atoms with Crippen molar-refractivity contribution >= 4 is 35.0 Å². The number of carbonyl (C=O) groups is 3. The first-order chi connectivity index (χ1) is 16.8. The molecule has 1 spiro atoms. The van der Waals surface area contributed by atoms with Gasteiger partial charge >= 0.3 is 0 Å². The smallest absolute Gasteiger partial charge is 0.250 e. The molecular weight excluding hydrogens is 474 g/mol. The summed E-state index contributed by atoms with van der Waals surface area (Å²) in [6, 6.07) is 8.98. The monoisotopic (exact) mass is 497 g/mol. The summed E-state index contributed by atoms with van der Waals surface area (Å²) in [6.07, 6.45) is 1.69. The Morgan fingerprint density at radius 2 is 1.94 bits per heavy atom. The average Bonchev–Trinajstić information content (AvgIpc) is 3.57. The van der Waals surface area contributed by atoms with Gasteiger partial charge in [-0.3, -0.25) is 24.6 Å². The summed E-state index contributed by atoms with van der Waals surface area (Å²) in [5.74, 6) is -3.44. The van der Waals surface area contributed by atoms with Crippen molar-refractivity contribution in [3.05, 3.63) is 52.5 Å². The van der Waals surface area contributed by atoms with Gasteiger partial charge in [-0.2, -0.15) is 0 Å². The van der Waals surface area contributed by atoms with Crippen LogP contribution in [-0.4, -0.2) is 58.1 Å². The van der Waals surface area contributed by atoms with Crippen LogP contribution in [0.4, 0.5) is 5.69 Å². The van der Waals surface area contributed by atoms with Crippen LogP contribution in [0.5, 0.6) is 11.5 Å². The third kappa shape index (κ3) is 3.18. The van der Waals surface area contributed by atoms with E-state index < -0.39 is 35.2 Å². The van der Waals surface area contributed by atoms with Gasteiger partial charge in [0.25, 0.3) is 0 Å². The minimum absolute atomic E-state index is 0.164. The van der Waals surface area contributed by atoms with E-state index in [9.17, 15) is 24.6 Å². The van der Waals surface area contributed by atoms with Gasteiger partial charge < -0.3 is 20.3 Å². The molecule has 5 atom stereocenters. The number of imide groups is 1. The third-order valence-corrected chi connectivity index (χ3v) is 8.01. The molecule has 0 aromatic heterocycles. The molecule has 4 aliphatic heterocycles. The fourth-order valence-corrected chi connectivity index (χ4v) is 6.37. The molecule has 0 bridgehead atoms. The second-order valence-electron chi connectivity index (χ2n) is 9.63. The zero-order valence-electron chi connectivity index (χ0n) is 18.7. The summed E-state index contributed by atoms with van der Waals surface area (Å²) < 4.78 is 5.68. The molecule has 3 saturated heterocycles.